The minimum absolute atomic E-state index is 0.121. The van der Waals surface area contributed by atoms with Crippen molar-refractivity contribution in [2.75, 3.05) is 0 Å². The average molecular weight is 655 g/mol. The Labute approximate surface area is 262 Å². The molecule has 0 radical (unpaired) electrons. The number of cyclic esters (lactones) is 2. The van der Waals surface area contributed by atoms with E-state index in [2.05, 4.69) is 0 Å². The van der Waals surface area contributed by atoms with Gasteiger partial charge in [-0.15, -0.1) is 0 Å². The lowest BCUT2D eigenvalue weighted by Gasteiger charge is -2.03. The average Bonchev–Trinajstić information content (AvgIpc) is 3.51. The van der Waals surface area contributed by atoms with E-state index in [0.717, 1.165) is 17.7 Å². The van der Waals surface area contributed by atoms with Crippen LogP contribution in [0.15, 0.2) is 103 Å². The van der Waals surface area contributed by atoms with Crippen LogP contribution in [0.25, 0.3) is 23.3 Å². The largest absolute Gasteiger partial charge is 0.423 e. The smallest absolute Gasteiger partial charge is 0.344 e. The van der Waals surface area contributed by atoms with E-state index < -0.39 is 46.6 Å². The molecule has 226 valence electrons. The summed E-state index contributed by atoms with van der Waals surface area (Å²) < 4.78 is 78.0. The lowest BCUT2D eigenvalue weighted by Crippen LogP contribution is -2.03. The summed E-state index contributed by atoms with van der Waals surface area (Å²) in [6, 6.07) is 17.9. The Balaban J connectivity index is 0.000000178. The van der Waals surface area contributed by atoms with Gasteiger partial charge >= 0.3 is 11.9 Å². The normalized spacial score (nSPS) is 15.8. The Kier molecular flexibility index (Phi) is 9.32. The maximum absolute atomic E-state index is 13.8. The van der Waals surface area contributed by atoms with Crippen molar-refractivity contribution in [3.05, 3.63) is 164 Å². The Hall–Kier alpha value is -4.99. The molecule has 0 saturated heterocycles. The second-order valence-electron chi connectivity index (χ2n) is 9.43. The molecule has 11 heteroatoms. The van der Waals surface area contributed by atoms with Gasteiger partial charge in [0.15, 0.2) is 0 Å². The maximum Gasteiger partial charge on any atom is 0.344 e. The lowest BCUT2D eigenvalue weighted by molar-refractivity contribution is -0.132. The van der Waals surface area contributed by atoms with Crippen molar-refractivity contribution < 1.29 is 41.0 Å². The Morgan fingerprint density at radius 1 is 0.533 bits per heavy atom. The van der Waals surface area contributed by atoms with Gasteiger partial charge in [0.25, 0.3) is 0 Å². The van der Waals surface area contributed by atoms with E-state index in [1.54, 1.807) is 54.6 Å². The zero-order valence-electron chi connectivity index (χ0n) is 22.6. The third-order valence-corrected chi connectivity index (χ3v) is 6.80. The number of rotatable bonds is 4. The van der Waals surface area contributed by atoms with E-state index in [1.165, 1.54) is 24.3 Å². The number of carbonyl (C=O) groups is 2. The van der Waals surface area contributed by atoms with Gasteiger partial charge < -0.3 is 9.47 Å². The van der Waals surface area contributed by atoms with Crippen LogP contribution in [0.3, 0.4) is 0 Å². The number of hydrogen-bond acceptors (Lipinski definition) is 4. The first kappa shape index (κ1) is 31.4. The molecule has 4 aromatic rings. The molecule has 0 bridgehead atoms. The summed E-state index contributed by atoms with van der Waals surface area (Å²) in [6.07, 6.45) is 5.62. The Morgan fingerprint density at radius 2 is 0.911 bits per heavy atom. The molecule has 0 spiro atoms. The van der Waals surface area contributed by atoms with E-state index in [0.29, 0.717) is 27.7 Å². The van der Waals surface area contributed by atoms with Gasteiger partial charge in [-0.1, -0.05) is 53.5 Å². The highest BCUT2D eigenvalue weighted by Crippen LogP contribution is 2.32. The first-order valence-corrected chi connectivity index (χ1v) is 13.7. The van der Waals surface area contributed by atoms with Gasteiger partial charge in [0.1, 0.15) is 40.6 Å². The first-order valence-electron chi connectivity index (χ1n) is 12.9. The molecule has 0 atom stereocenters. The highest BCUT2D eigenvalue weighted by molar-refractivity contribution is 6.31. The number of halogens is 7. The molecule has 0 unspecified atom stereocenters. The van der Waals surface area contributed by atoms with Crippen LogP contribution in [-0.4, -0.2) is 11.9 Å². The maximum atomic E-state index is 13.8. The molecule has 0 amide bonds. The highest BCUT2D eigenvalue weighted by atomic mass is 35.5. The lowest BCUT2D eigenvalue weighted by atomic mass is 10.0. The van der Waals surface area contributed by atoms with Gasteiger partial charge in [-0.25, -0.2) is 31.5 Å². The van der Waals surface area contributed by atoms with Gasteiger partial charge in [-0.2, -0.15) is 0 Å². The molecule has 2 aliphatic heterocycles. The number of allylic oxidation sites excluding steroid dienone is 2. The van der Waals surface area contributed by atoms with Crippen LogP contribution in [0.1, 0.15) is 22.3 Å². The van der Waals surface area contributed by atoms with Gasteiger partial charge in [0.2, 0.25) is 0 Å². The van der Waals surface area contributed by atoms with Gasteiger partial charge in [0, 0.05) is 22.2 Å². The summed E-state index contributed by atoms with van der Waals surface area (Å²) in [5.74, 6) is -6.38. The van der Waals surface area contributed by atoms with Crippen LogP contribution in [0, 0.1) is 29.1 Å². The van der Waals surface area contributed by atoms with E-state index >= 15 is 0 Å². The molecule has 4 aromatic carbocycles. The molecule has 2 aliphatic rings. The van der Waals surface area contributed by atoms with Crippen LogP contribution in [0.5, 0.6) is 0 Å². The third kappa shape index (κ3) is 7.39. The van der Waals surface area contributed by atoms with Crippen LogP contribution in [0.2, 0.25) is 10.0 Å². The fourth-order valence-electron chi connectivity index (χ4n) is 4.28. The van der Waals surface area contributed by atoms with Crippen LogP contribution < -0.4 is 0 Å². The number of esters is 2. The summed E-state index contributed by atoms with van der Waals surface area (Å²) in [7, 11) is 0. The van der Waals surface area contributed by atoms with Crippen molar-refractivity contribution in [2.45, 2.75) is 0 Å². The topological polar surface area (TPSA) is 52.6 Å². The zero-order valence-corrected chi connectivity index (χ0v) is 24.1. The number of benzene rings is 4. The molecule has 0 fully saturated rings. The SMILES string of the molecule is O=C1O/C(=C/c2ccc(Cl)cc2)C=C1c1c(F)cc(F)cc1F.O=C1O/C(=C/c2ccc(Cl)cc2)C=C1c1c(F)cccc1F. The minimum Gasteiger partial charge on any atom is -0.423 e. The van der Waals surface area contributed by atoms with E-state index in [9.17, 15) is 31.5 Å². The number of carbonyl (C=O) groups excluding carboxylic acids is 2. The van der Waals surface area contributed by atoms with Crippen molar-refractivity contribution in [2.24, 2.45) is 0 Å². The Bertz CT molecular complexity index is 1900. The molecule has 6 rings (SSSR count). The predicted molar refractivity (Wildman–Crippen MR) is 160 cm³/mol. The number of hydrogen-bond donors (Lipinski definition) is 0. The second kappa shape index (κ2) is 13.3. The first-order chi connectivity index (χ1) is 21.5. The molecular weight excluding hydrogens is 638 g/mol. The van der Waals surface area contributed by atoms with Gasteiger partial charge in [-0.05, 0) is 71.8 Å². The fraction of sp³-hybridized carbons (Fsp3) is 0. The summed E-state index contributed by atoms with van der Waals surface area (Å²) in [4.78, 5) is 23.7. The van der Waals surface area contributed by atoms with Gasteiger partial charge in [-0.3, -0.25) is 0 Å². The van der Waals surface area contributed by atoms with Crippen molar-refractivity contribution in [1.82, 2.24) is 0 Å². The van der Waals surface area contributed by atoms with Crippen molar-refractivity contribution in [1.29, 1.82) is 0 Å². The molecule has 0 aromatic heterocycles. The molecule has 0 N–H and O–H groups in total. The van der Waals surface area contributed by atoms with E-state index in [1.807, 2.05) is 0 Å². The summed E-state index contributed by atoms with van der Waals surface area (Å²) in [5, 5.41) is 1.12. The molecule has 0 saturated carbocycles. The predicted octanol–water partition coefficient (Wildman–Crippen LogP) is 9.34. The van der Waals surface area contributed by atoms with Crippen molar-refractivity contribution >= 4 is 58.4 Å². The Morgan fingerprint density at radius 3 is 1.31 bits per heavy atom. The molecule has 0 aliphatic carbocycles. The van der Waals surface area contributed by atoms with Crippen LogP contribution >= 0.6 is 23.2 Å². The molecule has 2 heterocycles. The molecular formula is C34H17Cl2F5O4. The van der Waals surface area contributed by atoms with E-state index in [4.69, 9.17) is 32.7 Å². The van der Waals surface area contributed by atoms with Crippen molar-refractivity contribution in [3.8, 4) is 0 Å². The highest BCUT2D eigenvalue weighted by Gasteiger charge is 2.29. The van der Waals surface area contributed by atoms with Crippen LogP contribution in [-0.2, 0) is 19.1 Å². The minimum atomic E-state index is -1.17. The summed E-state index contributed by atoms with van der Waals surface area (Å²) in [5.41, 5.74) is -0.00704. The summed E-state index contributed by atoms with van der Waals surface area (Å²) >= 11 is 11.6. The molecule has 45 heavy (non-hydrogen) atoms. The van der Waals surface area contributed by atoms with Gasteiger partial charge in [0.05, 0.1) is 22.3 Å². The fourth-order valence-corrected chi connectivity index (χ4v) is 4.53. The standard InChI is InChI=1S/C17H8ClF3O2.C17H9ClF2O2/c18-10-3-1-9(2-4-10)5-12-8-13(17(22)23-12)16-14(20)6-11(19)7-15(16)21;18-11-6-4-10(5-7-11)8-12-9-13(17(21)22-12)16-14(19)2-1-3-15(16)20/h1-8H;1-9H/b12-5+;12-8+. The van der Waals surface area contributed by atoms with Crippen molar-refractivity contribution in [3.63, 3.8) is 0 Å². The number of ether oxygens (including phenoxy) is 2. The second-order valence-corrected chi connectivity index (χ2v) is 10.3. The zero-order chi connectivity index (χ0) is 32.2. The third-order valence-electron chi connectivity index (χ3n) is 6.30. The quantitative estimate of drug-likeness (QED) is 0.163. The van der Waals surface area contributed by atoms with Crippen LogP contribution in [0.4, 0.5) is 22.0 Å². The van der Waals surface area contributed by atoms with E-state index in [-0.39, 0.29) is 28.2 Å². The molecule has 4 nitrogen and oxygen atoms in total. The summed E-state index contributed by atoms with van der Waals surface area (Å²) in [6.45, 7) is 0. The monoisotopic (exact) mass is 654 g/mol.